The summed E-state index contributed by atoms with van der Waals surface area (Å²) in [6.45, 7) is 4.17. The molecular weight excluding hydrogens is 144 g/mol. The Kier molecular flexibility index (Phi) is 1.52. The van der Waals surface area contributed by atoms with E-state index in [0.717, 1.165) is 6.42 Å². The number of hydrogen-bond acceptors (Lipinski definition) is 3. The minimum atomic E-state index is -0.951. The van der Waals surface area contributed by atoms with Gasteiger partial charge in [0.15, 0.2) is 6.29 Å². The maximum Gasteiger partial charge on any atom is 0.190 e. The highest BCUT2D eigenvalue weighted by molar-refractivity contribution is 5.03. The van der Waals surface area contributed by atoms with Crippen LogP contribution < -0.4 is 0 Å². The van der Waals surface area contributed by atoms with Crippen LogP contribution in [0.25, 0.3) is 0 Å². The van der Waals surface area contributed by atoms with Crippen LogP contribution in [0.1, 0.15) is 12.8 Å². The predicted molar refractivity (Wildman–Crippen MR) is 39.0 cm³/mol. The van der Waals surface area contributed by atoms with Crippen molar-refractivity contribution in [1.82, 2.24) is 0 Å². The minimum absolute atomic E-state index is 0.195. The fourth-order valence-electron chi connectivity index (χ4n) is 1.57. The van der Waals surface area contributed by atoms with Gasteiger partial charge < -0.3 is 14.6 Å². The summed E-state index contributed by atoms with van der Waals surface area (Å²) in [4.78, 5) is 0. The lowest BCUT2D eigenvalue weighted by molar-refractivity contribution is -0.189. The summed E-state index contributed by atoms with van der Waals surface area (Å²) in [6.07, 6.45) is 2.79. The molecule has 2 heterocycles. The molecular formula is C8H12O3. The standard InChI is InChI=1S/C8H12O3/c1-2-8(9)4-3-6-5-10-7(8)11-6/h2,6-7,9H,1,3-5H2/t6-,7+,8+/m0/s1. The van der Waals surface area contributed by atoms with Gasteiger partial charge in [-0.3, -0.25) is 0 Å². The molecule has 0 aliphatic carbocycles. The van der Waals surface area contributed by atoms with E-state index in [1.165, 1.54) is 6.08 Å². The van der Waals surface area contributed by atoms with Crippen molar-refractivity contribution in [3.05, 3.63) is 12.7 Å². The predicted octanol–water partition coefficient (Wildman–Crippen LogP) is 0.439. The van der Waals surface area contributed by atoms with Crippen LogP contribution in [0.3, 0.4) is 0 Å². The summed E-state index contributed by atoms with van der Waals surface area (Å²) in [5, 5.41) is 9.80. The van der Waals surface area contributed by atoms with Crippen LogP contribution in [-0.4, -0.2) is 29.7 Å². The zero-order valence-corrected chi connectivity index (χ0v) is 6.32. The van der Waals surface area contributed by atoms with Gasteiger partial charge in [-0.15, -0.1) is 6.58 Å². The summed E-state index contributed by atoms with van der Waals surface area (Å²) in [7, 11) is 0. The van der Waals surface area contributed by atoms with E-state index >= 15 is 0 Å². The van der Waals surface area contributed by atoms with Gasteiger partial charge in [-0.05, 0) is 12.8 Å². The number of ether oxygens (including phenoxy) is 2. The average Bonchev–Trinajstić information content (AvgIpc) is 2.44. The summed E-state index contributed by atoms with van der Waals surface area (Å²) >= 11 is 0. The molecule has 0 spiro atoms. The topological polar surface area (TPSA) is 38.7 Å². The summed E-state index contributed by atoms with van der Waals surface area (Å²) in [5.41, 5.74) is -0.951. The SMILES string of the molecule is C=C[C@@]1(O)CC[C@H]2CO[C@@H]1O2. The Morgan fingerprint density at radius 2 is 2.45 bits per heavy atom. The largest absolute Gasteiger partial charge is 0.380 e. The molecule has 3 nitrogen and oxygen atoms in total. The van der Waals surface area contributed by atoms with Crippen molar-refractivity contribution in [1.29, 1.82) is 0 Å². The molecule has 2 fully saturated rings. The molecule has 0 unspecified atom stereocenters. The maximum absolute atomic E-state index is 9.80. The Labute approximate surface area is 65.6 Å². The Hall–Kier alpha value is -0.380. The maximum atomic E-state index is 9.80. The monoisotopic (exact) mass is 156 g/mol. The van der Waals surface area contributed by atoms with Crippen molar-refractivity contribution in [2.45, 2.75) is 30.8 Å². The van der Waals surface area contributed by atoms with Crippen LogP contribution in [0.5, 0.6) is 0 Å². The van der Waals surface area contributed by atoms with E-state index in [0.29, 0.717) is 13.0 Å². The highest BCUT2D eigenvalue weighted by Crippen LogP contribution is 2.35. The Morgan fingerprint density at radius 3 is 3.18 bits per heavy atom. The molecule has 2 aliphatic heterocycles. The van der Waals surface area contributed by atoms with E-state index in [1.54, 1.807) is 0 Å². The fraction of sp³-hybridized carbons (Fsp3) is 0.750. The molecule has 0 amide bonds. The van der Waals surface area contributed by atoms with Gasteiger partial charge in [-0.2, -0.15) is 0 Å². The van der Waals surface area contributed by atoms with E-state index in [-0.39, 0.29) is 6.10 Å². The highest BCUT2D eigenvalue weighted by Gasteiger charge is 2.46. The van der Waals surface area contributed by atoms with Crippen molar-refractivity contribution in [3.8, 4) is 0 Å². The first-order chi connectivity index (χ1) is 5.24. The van der Waals surface area contributed by atoms with Crippen molar-refractivity contribution >= 4 is 0 Å². The van der Waals surface area contributed by atoms with Crippen LogP contribution >= 0.6 is 0 Å². The van der Waals surface area contributed by atoms with Crippen LogP contribution in [-0.2, 0) is 9.47 Å². The first-order valence-corrected chi connectivity index (χ1v) is 3.88. The van der Waals surface area contributed by atoms with Crippen LogP contribution in [0.15, 0.2) is 12.7 Å². The molecule has 0 aromatic heterocycles. The molecule has 2 saturated heterocycles. The van der Waals surface area contributed by atoms with Crippen molar-refractivity contribution < 1.29 is 14.6 Å². The van der Waals surface area contributed by atoms with Crippen LogP contribution in [0.2, 0.25) is 0 Å². The number of rotatable bonds is 1. The lowest BCUT2D eigenvalue weighted by Crippen LogP contribution is -2.44. The molecule has 62 valence electrons. The third-order valence-corrected chi connectivity index (χ3v) is 2.38. The summed E-state index contributed by atoms with van der Waals surface area (Å²) in [6, 6.07) is 0. The molecule has 1 N–H and O–H groups in total. The lowest BCUT2D eigenvalue weighted by Gasteiger charge is -2.33. The first-order valence-electron chi connectivity index (χ1n) is 3.88. The molecule has 3 heteroatoms. The van der Waals surface area contributed by atoms with Gasteiger partial charge in [0.2, 0.25) is 0 Å². The Morgan fingerprint density at radius 1 is 1.64 bits per heavy atom. The van der Waals surface area contributed by atoms with Gasteiger partial charge >= 0.3 is 0 Å². The van der Waals surface area contributed by atoms with Gasteiger partial charge in [-0.1, -0.05) is 6.08 Å². The van der Waals surface area contributed by atoms with Crippen molar-refractivity contribution in [3.63, 3.8) is 0 Å². The molecule has 2 aliphatic rings. The third kappa shape index (κ3) is 1.00. The zero-order chi connectivity index (χ0) is 7.90. The van der Waals surface area contributed by atoms with Crippen molar-refractivity contribution in [2.75, 3.05) is 6.61 Å². The molecule has 2 bridgehead atoms. The number of fused-ring (bicyclic) bond motifs is 2. The van der Waals surface area contributed by atoms with E-state index in [2.05, 4.69) is 6.58 Å². The quantitative estimate of drug-likeness (QED) is 0.560. The van der Waals surface area contributed by atoms with Crippen LogP contribution in [0, 0.1) is 0 Å². The number of hydrogen-bond donors (Lipinski definition) is 1. The third-order valence-electron chi connectivity index (χ3n) is 2.38. The van der Waals surface area contributed by atoms with E-state index in [4.69, 9.17) is 9.47 Å². The lowest BCUT2D eigenvalue weighted by atomic mass is 9.94. The highest BCUT2D eigenvalue weighted by atomic mass is 16.7. The molecule has 2 rings (SSSR count). The summed E-state index contributed by atoms with van der Waals surface area (Å²) < 4.78 is 10.6. The fourth-order valence-corrected chi connectivity index (χ4v) is 1.57. The second-order valence-corrected chi connectivity index (χ2v) is 3.16. The summed E-state index contributed by atoms with van der Waals surface area (Å²) in [5.74, 6) is 0. The second kappa shape index (κ2) is 2.30. The van der Waals surface area contributed by atoms with E-state index < -0.39 is 11.9 Å². The molecule has 0 aromatic carbocycles. The van der Waals surface area contributed by atoms with Gasteiger partial charge in [0.1, 0.15) is 5.60 Å². The first kappa shape index (κ1) is 7.28. The Balaban J connectivity index is 2.18. The van der Waals surface area contributed by atoms with Gasteiger partial charge in [-0.25, -0.2) is 0 Å². The zero-order valence-electron chi connectivity index (χ0n) is 6.32. The van der Waals surface area contributed by atoms with Crippen molar-refractivity contribution in [2.24, 2.45) is 0 Å². The van der Waals surface area contributed by atoms with Gasteiger partial charge in [0.05, 0.1) is 12.7 Å². The van der Waals surface area contributed by atoms with Gasteiger partial charge in [0.25, 0.3) is 0 Å². The molecule has 0 aromatic rings. The second-order valence-electron chi connectivity index (χ2n) is 3.16. The van der Waals surface area contributed by atoms with Gasteiger partial charge in [0, 0.05) is 0 Å². The molecule has 3 atom stereocenters. The van der Waals surface area contributed by atoms with Crippen LogP contribution in [0.4, 0.5) is 0 Å². The average molecular weight is 156 g/mol. The Bertz CT molecular complexity index is 180. The smallest absolute Gasteiger partial charge is 0.190 e. The minimum Gasteiger partial charge on any atom is -0.380 e. The molecule has 0 radical (unpaired) electrons. The molecule has 11 heavy (non-hydrogen) atoms. The molecule has 0 saturated carbocycles. The normalized spacial score (nSPS) is 49.2. The van der Waals surface area contributed by atoms with E-state index in [9.17, 15) is 5.11 Å². The van der Waals surface area contributed by atoms with E-state index in [1.807, 2.05) is 0 Å². The number of aliphatic hydroxyl groups is 1.